The van der Waals surface area contributed by atoms with Gasteiger partial charge in [-0.1, -0.05) is 5.16 Å². The highest BCUT2D eigenvalue weighted by molar-refractivity contribution is 5.54. The third kappa shape index (κ3) is 2.82. The second kappa shape index (κ2) is 5.10. The van der Waals surface area contributed by atoms with E-state index in [2.05, 4.69) is 15.2 Å². The van der Waals surface area contributed by atoms with Crippen molar-refractivity contribution < 1.29 is 9.26 Å². The largest absolute Gasteiger partial charge is 0.379 e. The Morgan fingerprint density at radius 3 is 2.84 bits per heavy atom. The summed E-state index contributed by atoms with van der Waals surface area (Å²) < 4.78 is 12.3. The molecule has 0 aliphatic carbocycles. The first kappa shape index (κ1) is 13.7. The van der Waals surface area contributed by atoms with E-state index in [1.54, 1.807) is 4.68 Å². The van der Waals surface area contributed by atoms with E-state index < -0.39 is 5.54 Å². The van der Waals surface area contributed by atoms with Crippen molar-refractivity contribution in [3.63, 3.8) is 0 Å². The van der Waals surface area contributed by atoms with Gasteiger partial charge in [0.15, 0.2) is 5.82 Å². The quantitative estimate of drug-likeness (QED) is 0.866. The minimum absolute atomic E-state index is 0.342. The van der Waals surface area contributed by atoms with Gasteiger partial charge in [-0.3, -0.25) is 4.68 Å². The molecule has 1 atom stereocenters. The monoisotopic (exact) mass is 265 g/mol. The summed E-state index contributed by atoms with van der Waals surface area (Å²) in [5.41, 5.74) is 7.01. The van der Waals surface area contributed by atoms with Gasteiger partial charge in [-0.25, -0.2) is 0 Å². The lowest BCUT2D eigenvalue weighted by Gasteiger charge is -2.19. The van der Waals surface area contributed by atoms with Crippen LogP contribution in [0.1, 0.15) is 25.4 Å². The molecule has 2 aromatic rings. The smallest absolute Gasteiger partial charge is 0.261 e. The fourth-order valence-electron chi connectivity index (χ4n) is 1.75. The molecule has 104 valence electrons. The van der Waals surface area contributed by atoms with Crippen LogP contribution in [0.3, 0.4) is 0 Å². The van der Waals surface area contributed by atoms with Gasteiger partial charge in [0.1, 0.15) is 5.54 Å². The highest BCUT2D eigenvalue weighted by atomic mass is 16.5. The van der Waals surface area contributed by atoms with E-state index >= 15 is 0 Å². The van der Waals surface area contributed by atoms with Gasteiger partial charge < -0.3 is 15.0 Å². The molecule has 0 bridgehead atoms. The minimum Gasteiger partial charge on any atom is -0.379 e. The van der Waals surface area contributed by atoms with Gasteiger partial charge in [0.05, 0.1) is 17.9 Å². The average Bonchev–Trinajstić information content (AvgIpc) is 2.93. The topological polar surface area (TPSA) is 92.0 Å². The van der Waals surface area contributed by atoms with Crippen LogP contribution in [-0.4, -0.2) is 33.1 Å². The number of rotatable bonds is 5. The molecular formula is C12H19N5O2. The molecule has 0 aromatic carbocycles. The zero-order valence-corrected chi connectivity index (χ0v) is 11.7. The van der Waals surface area contributed by atoms with Crippen LogP contribution in [0.2, 0.25) is 0 Å². The number of nitrogens with two attached hydrogens (primary N) is 1. The molecule has 2 aromatic heterocycles. The van der Waals surface area contributed by atoms with Gasteiger partial charge in [0.2, 0.25) is 0 Å². The normalized spacial score (nSPS) is 14.6. The van der Waals surface area contributed by atoms with Gasteiger partial charge in [0, 0.05) is 19.9 Å². The lowest BCUT2D eigenvalue weighted by molar-refractivity contribution is 0.0962. The molecule has 0 fully saturated rings. The SMILES string of the molecule is CCOCC(C)(N)c1noc(-c2cn(C)nc2C)n1. The lowest BCUT2D eigenvalue weighted by atomic mass is 10.1. The summed E-state index contributed by atoms with van der Waals surface area (Å²) in [7, 11) is 1.84. The third-order valence-corrected chi connectivity index (χ3v) is 2.79. The van der Waals surface area contributed by atoms with Crippen LogP contribution in [0.5, 0.6) is 0 Å². The number of nitrogens with zero attached hydrogens (tertiary/aromatic N) is 4. The van der Waals surface area contributed by atoms with Crippen LogP contribution in [0, 0.1) is 6.92 Å². The lowest BCUT2D eigenvalue weighted by Crippen LogP contribution is -2.39. The molecule has 2 rings (SSSR count). The molecule has 2 N–H and O–H groups in total. The predicted octanol–water partition coefficient (Wildman–Crippen LogP) is 0.989. The van der Waals surface area contributed by atoms with Crippen molar-refractivity contribution in [2.24, 2.45) is 12.8 Å². The van der Waals surface area contributed by atoms with Gasteiger partial charge >= 0.3 is 0 Å². The summed E-state index contributed by atoms with van der Waals surface area (Å²) in [6, 6.07) is 0. The predicted molar refractivity (Wildman–Crippen MR) is 69.3 cm³/mol. The van der Waals surface area contributed by atoms with Gasteiger partial charge in [-0.2, -0.15) is 10.1 Å². The summed E-state index contributed by atoms with van der Waals surface area (Å²) in [6.07, 6.45) is 1.84. The first-order chi connectivity index (χ1) is 8.94. The second-order valence-corrected chi connectivity index (χ2v) is 4.78. The summed E-state index contributed by atoms with van der Waals surface area (Å²) in [6.45, 7) is 6.55. The molecule has 0 radical (unpaired) electrons. The summed E-state index contributed by atoms with van der Waals surface area (Å²) >= 11 is 0. The molecule has 1 unspecified atom stereocenters. The first-order valence-corrected chi connectivity index (χ1v) is 6.15. The number of aryl methyl sites for hydroxylation is 2. The van der Waals surface area contributed by atoms with Crippen molar-refractivity contribution >= 4 is 0 Å². The Balaban J connectivity index is 2.26. The Morgan fingerprint density at radius 1 is 1.53 bits per heavy atom. The summed E-state index contributed by atoms with van der Waals surface area (Å²) in [5.74, 6) is 0.855. The van der Waals surface area contributed by atoms with Crippen molar-refractivity contribution in [1.82, 2.24) is 19.9 Å². The minimum atomic E-state index is -0.770. The Hall–Kier alpha value is -1.73. The molecule has 0 spiro atoms. The third-order valence-electron chi connectivity index (χ3n) is 2.79. The molecule has 0 amide bonds. The van der Waals surface area contributed by atoms with Gasteiger partial charge in [0.25, 0.3) is 5.89 Å². The molecule has 2 heterocycles. The Morgan fingerprint density at radius 2 is 2.26 bits per heavy atom. The molecule has 19 heavy (non-hydrogen) atoms. The average molecular weight is 265 g/mol. The number of hydrogen-bond acceptors (Lipinski definition) is 6. The fraction of sp³-hybridized carbons (Fsp3) is 0.583. The molecule has 7 nitrogen and oxygen atoms in total. The van der Waals surface area contributed by atoms with Crippen LogP contribution in [-0.2, 0) is 17.3 Å². The molecule has 0 aliphatic rings. The van der Waals surface area contributed by atoms with Crippen LogP contribution >= 0.6 is 0 Å². The van der Waals surface area contributed by atoms with E-state index in [1.165, 1.54) is 0 Å². The van der Waals surface area contributed by atoms with E-state index in [0.29, 0.717) is 24.9 Å². The van der Waals surface area contributed by atoms with E-state index in [0.717, 1.165) is 11.3 Å². The van der Waals surface area contributed by atoms with E-state index in [1.807, 2.05) is 34.0 Å². The van der Waals surface area contributed by atoms with Gasteiger partial charge in [-0.15, -0.1) is 0 Å². The van der Waals surface area contributed by atoms with Crippen molar-refractivity contribution in [3.8, 4) is 11.5 Å². The zero-order valence-electron chi connectivity index (χ0n) is 11.7. The highest BCUT2D eigenvalue weighted by Crippen LogP contribution is 2.23. The Bertz CT molecular complexity index is 558. The number of aromatic nitrogens is 4. The van der Waals surface area contributed by atoms with E-state index in [4.69, 9.17) is 15.0 Å². The summed E-state index contributed by atoms with van der Waals surface area (Å²) in [5, 5.41) is 8.18. The molecule has 7 heteroatoms. The van der Waals surface area contributed by atoms with Gasteiger partial charge in [-0.05, 0) is 20.8 Å². The zero-order chi connectivity index (χ0) is 14.0. The van der Waals surface area contributed by atoms with Crippen LogP contribution in [0.25, 0.3) is 11.5 Å². The number of ether oxygens (including phenoxy) is 1. The molecule has 0 saturated carbocycles. The number of hydrogen-bond donors (Lipinski definition) is 1. The van der Waals surface area contributed by atoms with Crippen LogP contribution < -0.4 is 5.73 Å². The maximum atomic E-state index is 6.13. The molecule has 0 saturated heterocycles. The Kier molecular flexibility index (Phi) is 3.68. The van der Waals surface area contributed by atoms with E-state index in [9.17, 15) is 0 Å². The second-order valence-electron chi connectivity index (χ2n) is 4.78. The molecule has 0 aliphatic heterocycles. The maximum Gasteiger partial charge on any atom is 0.261 e. The van der Waals surface area contributed by atoms with Crippen molar-refractivity contribution in [1.29, 1.82) is 0 Å². The standard InChI is InChI=1S/C12H19N5O2/c1-5-18-7-12(3,13)11-14-10(19-16-11)9-6-17(4)15-8(9)2/h6H,5,7,13H2,1-4H3. The summed E-state index contributed by atoms with van der Waals surface area (Å²) in [4.78, 5) is 4.34. The van der Waals surface area contributed by atoms with E-state index in [-0.39, 0.29) is 0 Å². The Labute approximate surface area is 111 Å². The first-order valence-electron chi connectivity index (χ1n) is 6.15. The van der Waals surface area contributed by atoms with Crippen LogP contribution in [0.15, 0.2) is 10.7 Å². The van der Waals surface area contributed by atoms with Crippen molar-refractivity contribution in [2.75, 3.05) is 13.2 Å². The van der Waals surface area contributed by atoms with Crippen LogP contribution in [0.4, 0.5) is 0 Å². The molecular weight excluding hydrogens is 246 g/mol. The fourth-order valence-corrected chi connectivity index (χ4v) is 1.75. The van der Waals surface area contributed by atoms with Crippen molar-refractivity contribution in [2.45, 2.75) is 26.3 Å². The highest BCUT2D eigenvalue weighted by Gasteiger charge is 2.28. The maximum absolute atomic E-state index is 6.13. The van der Waals surface area contributed by atoms with Crippen molar-refractivity contribution in [3.05, 3.63) is 17.7 Å².